The minimum atomic E-state index is -1.000. The van der Waals surface area contributed by atoms with Crippen LogP contribution in [0.15, 0.2) is 24.3 Å². The van der Waals surface area contributed by atoms with E-state index in [1.54, 1.807) is 0 Å². The highest BCUT2D eigenvalue weighted by molar-refractivity contribution is 6.07. The number of carbonyl (C=O) groups excluding carboxylic acids is 4. The fourth-order valence-electron chi connectivity index (χ4n) is 4.38. The van der Waals surface area contributed by atoms with E-state index >= 15 is 0 Å². The van der Waals surface area contributed by atoms with Crippen molar-refractivity contribution in [2.45, 2.75) is 83.3 Å². The second kappa shape index (κ2) is 10.1. The van der Waals surface area contributed by atoms with Crippen molar-refractivity contribution >= 4 is 29.5 Å². The third kappa shape index (κ3) is 5.11. The van der Waals surface area contributed by atoms with E-state index in [1.807, 2.05) is 24.3 Å². The first-order chi connectivity index (χ1) is 15.3. The van der Waals surface area contributed by atoms with Crippen molar-refractivity contribution in [1.82, 2.24) is 10.2 Å². The number of hydrogen-bond acceptors (Lipinski definition) is 5. The Morgan fingerprint density at radius 2 is 1.84 bits per heavy atom. The molecule has 2 atom stereocenters. The maximum Gasteiger partial charge on any atom is 0.325 e. The number of esters is 1. The molecule has 8 heteroatoms. The smallest absolute Gasteiger partial charge is 0.325 e. The van der Waals surface area contributed by atoms with Crippen LogP contribution in [0.4, 0.5) is 10.5 Å². The van der Waals surface area contributed by atoms with Gasteiger partial charge in [-0.1, -0.05) is 51.3 Å². The largest absolute Gasteiger partial charge is 0.452 e. The molecule has 0 radical (unpaired) electrons. The number of para-hydroxylation sites is 1. The zero-order chi connectivity index (χ0) is 23.3. The predicted octanol–water partition coefficient (Wildman–Crippen LogP) is 3.72. The molecule has 1 aromatic rings. The van der Waals surface area contributed by atoms with Crippen molar-refractivity contribution < 1.29 is 23.9 Å². The van der Waals surface area contributed by atoms with Crippen LogP contribution in [-0.2, 0) is 19.1 Å². The average molecular weight is 444 g/mol. The van der Waals surface area contributed by atoms with Crippen LogP contribution in [0.25, 0.3) is 0 Å². The van der Waals surface area contributed by atoms with Gasteiger partial charge in [0.2, 0.25) is 0 Å². The van der Waals surface area contributed by atoms with Gasteiger partial charge in [-0.3, -0.25) is 19.3 Å². The number of hydrogen-bond donors (Lipinski definition) is 2. The molecule has 2 fully saturated rings. The Hall–Kier alpha value is -2.90. The summed E-state index contributed by atoms with van der Waals surface area (Å²) < 4.78 is 5.26. The summed E-state index contributed by atoms with van der Waals surface area (Å²) in [4.78, 5) is 51.0. The second-order valence-corrected chi connectivity index (χ2v) is 8.80. The highest BCUT2D eigenvalue weighted by Gasteiger charge is 2.51. The summed E-state index contributed by atoms with van der Waals surface area (Å²) in [6.45, 7) is 5.61. The van der Waals surface area contributed by atoms with Gasteiger partial charge in [0.15, 0.2) is 6.10 Å². The normalized spacial score (nSPS) is 19.4. The summed E-state index contributed by atoms with van der Waals surface area (Å²) in [5.74, 6) is -1.04. The van der Waals surface area contributed by atoms with Crippen LogP contribution in [0.5, 0.6) is 0 Å². The van der Waals surface area contributed by atoms with E-state index in [-0.39, 0.29) is 24.8 Å². The summed E-state index contributed by atoms with van der Waals surface area (Å²) in [7, 11) is 0. The maximum absolute atomic E-state index is 12.8. The molecule has 2 unspecified atom stereocenters. The first-order valence-corrected chi connectivity index (χ1v) is 11.5. The van der Waals surface area contributed by atoms with Crippen molar-refractivity contribution in [3.63, 3.8) is 0 Å². The van der Waals surface area contributed by atoms with Gasteiger partial charge in [0.25, 0.3) is 11.8 Å². The van der Waals surface area contributed by atoms with E-state index in [0.717, 1.165) is 36.1 Å². The van der Waals surface area contributed by atoms with Crippen LogP contribution >= 0.6 is 0 Å². The summed E-state index contributed by atoms with van der Waals surface area (Å²) >= 11 is 0. The fraction of sp³-hybridized carbons (Fsp3) is 0.583. The molecule has 32 heavy (non-hydrogen) atoms. The lowest BCUT2D eigenvalue weighted by Crippen LogP contribution is -2.48. The third-order valence-corrected chi connectivity index (χ3v) is 6.53. The van der Waals surface area contributed by atoms with E-state index in [4.69, 9.17) is 4.74 Å². The van der Waals surface area contributed by atoms with E-state index in [2.05, 4.69) is 24.5 Å². The number of nitrogens with zero attached hydrogens (tertiary/aromatic N) is 1. The van der Waals surface area contributed by atoms with E-state index in [0.29, 0.717) is 18.5 Å². The zero-order valence-corrected chi connectivity index (χ0v) is 19.1. The quantitative estimate of drug-likeness (QED) is 0.471. The molecule has 0 bridgehead atoms. The van der Waals surface area contributed by atoms with Crippen LogP contribution in [0.2, 0.25) is 0 Å². The van der Waals surface area contributed by atoms with Crippen LogP contribution in [0.3, 0.4) is 0 Å². The van der Waals surface area contributed by atoms with Crippen LogP contribution in [0, 0.1) is 0 Å². The van der Waals surface area contributed by atoms with Gasteiger partial charge in [0, 0.05) is 12.2 Å². The van der Waals surface area contributed by atoms with E-state index in [1.165, 1.54) is 6.92 Å². The fourth-order valence-corrected chi connectivity index (χ4v) is 4.38. The lowest BCUT2D eigenvalue weighted by Gasteiger charge is -2.30. The minimum absolute atomic E-state index is 0.0591. The average Bonchev–Trinajstić information content (AvgIpc) is 3.01. The number of imide groups is 1. The Balaban J connectivity index is 1.51. The number of ether oxygens (including phenoxy) is 1. The first-order valence-electron chi connectivity index (χ1n) is 11.5. The first kappa shape index (κ1) is 23.8. The summed E-state index contributed by atoms with van der Waals surface area (Å²) in [6.07, 6.45) is 3.89. The molecule has 1 saturated heterocycles. The maximum atomic E-state index is 12.8. The van der Waals surface area contributed by atoms with E-state index < -0.39 is 29.6 Å². The Labute approximate surface area is 189 Å². The SMILES string of the molecule is CCC(C)c1ccccc1NC(=O)C(C)OC(=O)CCN1C(=O)NC2(CCCCC2)C1=O. The number of rotatable bonds is 8. The number of urea groups is 1. The Morgan fingerprint density at radius 3 is 2.53 bits per heavy atom. The zero-order valence-electron chi connectivity index (χ0n) is 19.1. The van der Waals surface area contributed by atoms with Gasteiger partial charge in [-0.2, -0.15) is 0 Å². The van der Waals surface area contributed by atoms with Crippen molar-refractivity contribution in [3.05, 3.63) is 29.8 Å². The lowest BCUT2D eigenvalue weighted by molar-refractivity contribution is -0.153. The van der Waals surface area contributed by atoms with E-state index in [9.17, 15) is 19.2 Å². The molecule has 1 aliphatic heterocycles. The monoisotopic (exact) mass is 443 g/mol. The number of benzene rings is 1. The molecule has 174 valence electrons. The summed E-state index contributed by atoms with van der Waals surface area (Å²) in [5, 5.41) is 5.66. The molecule has 1 spiro atoms. The third-order valence-electron chi connectivity index (χ3n) is 6.53. The molecular weight excluding hydrogens is 410 g/mol. The minimum Gasteiger partial charge on any atom is -0.452 e. The van der Waals surface area contributed by atoms with Crippen molar-refractivity contribution in [1.29, 1.82) is 0 Å². The second-order valence-electron chi connectivity index (χ2n) is 8.80. The van der Waals surface area contributed by atoms with Gasteiger partial charge < -0.3 is 15.4 Å². The number of anilines is 1. The number of amides is 4. The van der Waals surface area contributed by atoms with Crippen LogP contribution in [0.1, 0.15) is 77.2 Å². The Kier molecular flexibility index (Phi) is 7.53. The molecule has 8 nitrogen and oxygen atoms in total. The lowest BCUT2D eigenvalue weighted by atomic mass is 9.82. The van der Waals surface area contributed by atoms with Crippen LogP contribution < -0.4 is 10.6 Å². The van der Waals surface area contributed by atoms with Crippen molar-refractivity contribution in [2.24, 2.45) is 0 Å². The molecule has 2 aliphatic rings. The highest BCUT2D eigenvalue weighted by Crippen LogP contribution is 2.33. The van der Waals surface area contributed by atoms with Gasteiger partial charge >= 0.3 is 12.0 Å². The molecule has 4 amide bonds. The standard InChI is InChI=1S/C24H33N3O5/c1-4-16(2)18-10-6-7-11-19(18)25-21(29)17(3)32-20(28)12-15-27-22(30)24(26-23(27)31)13-8-5-9-14-24/h6-7,10-11,16-17H,4-5,8-9,12-15H2,1-3H3,(H,25,29)(H,26,31). The van der Waals surface area contributed by atoms with Gasteiger partial charge in [-0.25, -0.2) is 4.79 Å². The Bertz CT molecular complexity index is 878. The highest BCUT2D eigenvalue weighted by atomic mass is 16.5. The molecule has 1 heterocycles. The molecule has 3 rings (SSSR count). The predicted molar refractivity (Wildman–Crippen MR) is 120 cm³/mol. The van der Waals surface area contributed by atoms with Crippen molar-refractivity contribution in [3.8, 4) is 0 Å². The van der Waals surface area contributed by atoms with Gasteiger partial charge in [-0.05, 0) is 43.7 Å². The molecule has 1 aliphatic carbocycles. The van der Waals surface area contributed by atoms with Crippen LogP contribution in [-0.4, -0.2) is 46.9 Å². The summed E-state index contributed by atoms with van der Waals surface area (Å²) in [6, 6.07) is 7.10. The molecule has 1 saturated carbocycles. The molecule has 2 N–H and O–H groups in total. The number of carbonyl (C=O) groups is 4. The molecule has 1 aromatic carbocycles. The topological polar surface area (TPSA) is 105 Å². The summed E-state index contributed by atoms with van der Waals surface area (Å²) in [5.41, 5.74) is 0.916. The molecular formula is C24H33N3O5. The van der Waals surface area contributed by atoms with Gasteiger partial charge in [0.1, 0.15) is 5.54 Å². The van der Waals surface area contributed by atoms with Gasteiger partial charge in [-0.15, -0.1) is 0 Å². The number of nitrogens with one attached hydrogen (secondary N) is 2. The van der Waals surface area contributed by atoms with Gasteiger partial charge in [0.05, 0.1) is 6.42 Å². The Morgan fingerprint density at radius 1 is 1.16 bits per heavy atom. The molecule has 0 aromatic heterocycles. The van der Waals surface area contributed by atoms with Crippen molar-refractivity contribution in [2.75, 3.05) is 11.9 Å².